The summed E-state index contributed by atoms with van der Waals surface area (Å²) in [6, 6.07) is 8.83. The van der Waals surface area contributed by atoms with Crippen molar-refractivity contribution in [2.75, 3.05) is 34.3 Å². The predicted octanol–water partition coefficient (Wildman–Crippen LogP) is 2.36. The van der Waals surface area contributed by atoms with E-state index in [0.717, 1.165) is 24.4 Å². The van der Waals surface area contributed by atoms with Crippen LogP contribution in [0, 0.1) is 0 Å². The van der Waals surface area contributed by atoms with E-state index in [4.69, 9.17) is 10.5 Å². The molecule has 120 valence electrons. The van der Waals surface area contributed by atoms with Crippen LogP contribution in [0.15, 0.2) is 24.3 Å². The monoisotopic (exact) mass is 293 g/mol. The number of hydrogen-bond acceptors (Lipinski definition) is 4. The Morgan fingerprint density at radius 2 is 1.71 bits per heavy atom. The molecule has 0 bridgehead atoms. The van der Waals surface area contributed by atoms with Gasteiger partial charge < -0.3 is 15.4 Å². The van der Waals surface area contributed by atoms with Crippen LogP contribution in [0.4, 0.5) is 0 Å². The lowest BCUT2D eigenvalue weighted by atomic mass is 9.98. The summed E-state index contributed by atoms with van der Waals surface area (Å²) < 4.78 is 5.20. The summed E-state index contributed by atoms with van der Waals surface area (Å²) in [4.78, 5) is 4.69. The van der Waals surface area contributed by atoms with Crippen LogP contribution in [0.5, 0.6) is 5.75 Å². The Kier molecular flexibility index (Phi) is 7.15. The molecule has 0 aliphatic rings. The van der Waals surface area contributed by atoms with Gasteiger partial charge in [-0.2, -0.15) is 0 Å². The maximum Gasteiger partial charge on any atom is 0.118 e. The van der Waals surface area contributed by atoms with Crippen molar-refractivity contribution in [3.05, 3.63) is 29.8 Å². The molecule has 0 amide bonds. The highest BCUT2D eigenvalue weighted by Gasteiger charge is 2.25. The topological polar surface area (TPSA) is 41.7 Å². The van der Waals surface area contributed by atoms with E-state index in [1.54, 1.807) is 7.11 Å². The summed E-state index contributed by atoms with van der Waals surface area (Å²) in [5.74, 6) is 0.868. The summed E-state index contributed by atoms with van der Waals surface area (Å²) in [6.07, 6.45) is 0. The zero-order valence-corrected chi connectivity index (χ0v) is 14.3. The Morgan fingerprint density at radius 3 is 2.14 bits per heavy atom. The van der Waals surface area contributed by atoms with Gasteiger partial charge in [0.1, 0.15) is 5.75 Å². The van der Waals surface area contributed by atoms with Gasteiger partial charge in [0.15, 0.2) is 0 Å². The molecule has 4 nitrogen and oxygen atoms in total. The van der Waals surface area contributed by atoms with E-state index in [9.17, 15) is 0 Å². The molecule has 0 heterocycles. The normalized spacial score (nSPS) is 16.0. The van der Waals surface area contributed by atoms with Crippen LogP contribution in [-0.4, -0.2) is 56.2 Å². The second kappa shape index (κ2) is 8.37. The lowest BCUT2D eigenvalue weighted by Gasteiger charge is -2.38. The first kappa shape index (κ1) is 18.0. The largest absolute Gasteiger partial charge is 0.497 e. The van der Waals surface area contributed by atoms with Gasteiger partial charge in [0, 0.05) is 24.7 Å². The first-order chi connectivity index (χ1) is 9.90. The average Bonchev–Trinajstić information content (AvgIpc) is 2.46. The number of benzene rings is 1. The molecule has 0 aliphatic heterocycles. The third-order valence-corrected chi connectivity index (χ3v) is 4.10. The van der Waals surface area contributed by atoms with Gasteiger partial charge in [0.2, 0.25) is 0 Å². The molecule has 0 saturated carbocycles. The van der Waals surface area contributed by atoms with Gasteiger partial charge in [-0.1, -0.05) is 19.1 Å². The van der Waals surface area contributed by atoms with Gasteiger partial charge in [-0.05, 0) is 52.2 Å². The Labute approximate surface area is 129 Å². The summed E-state index contributed by atoms with van der Waals surface area (Å²) >= 11 is 0. The third kappa shape index (κ3) is 4.99. The van der Waals surface area contributed by atoms with Gasteiger partial charge in [-0.3, -0.25) is 4.90 Å². The predicted molar refractivity (Wildman–Crippen MR) is 89.8 cm³/mol. The lowest BCUT2D eigenvalue weighted by Crippen LogP contribution is -2.48. The van der Waals surface area contributed by atoms with E-state index in [0.29, 0.717) is 12.1 Å². The Bertz CT molecular complexity index is 405. The maximum atomic E-state index is 6.48. The molecule has 0 fully saturated rings. The van der Waals surface area contributed by atoms with Gasteiger partial charge in [0.25, 0.3) is 0 Å². The van der Waals surface area contributed by atoms with Crippen molar-refractivity contribution >= 4 is 0 Å². The third-order valence-electron chi connectivity index (χ3n) is 4.10. The van der Waals surface area contributed by atoms with Crippen molar-refractivity contribution < 1.29 is 4.74 Å². The van der Waals surface area contributed by atoms with Crippen LogP contribution >= 0.6 is 0 Å². The molecular formula is C17H31N3O. The zero-order chi connectivity index (χ0) is 16.0. The van der Waals surface area contributed by atoms with E-state index >= 15 is 0 Å². The molecular weight excluding hydrogens is 262 g/mol. The minimum Gasteiger partial charge on any atom is -0.497 e. The number of likely N-dealkylation sites (N-methyl/N-ethyl adjacent to an activating group) is 2. The van der Waals surface area contributed by atoms with Crippen molar-refractivity contribution in [2.45, 2.75) is 38.9 Å². The van der Waals surface area contributed by atoms with Gasteiger partial charge in [0.05, 0.1) is 7.11 Å². The average molecular weight is 293 g/mol. The number of hydrogen-bond donors (Lipinski definition) is 1. The second-order valence-electron chi connectivity index (χ2n) is 5.98. The highest BCUT2D eigenvalue weighted by atomic mass is 16.5. The van der Waals surface area contributed by atoms with Crippen LogP contribution in [0.25, 0.3) is 0 Å². The molecule has 0 saturated heterocycles. The summed E-state index contributed by atoms with van der Waals surface area (Å²) in [5.41, 5.74) is 7.63. The molecule has 1 aromatic rings. The number of rotatable bonds is 8. The van der Waals surface area contributed by atoms with Crippen LogP contribution in [0.3, 0.4) is 0 Å². The van der Waals surface area contributed by atoms with Gasteiger partial charge >= 0.3 is 0 Å². The van der Waals surface area contributed by atoms with E-state index in [2.05, 4.69) is 56.8 Å². The Morgan fingerprint density at radius 1 is 1.14 bits per heavy atom. The number of ether oxygens (including phenoxy) is 1. The van der Waals surface area contributed by atoms with Crippen molar-refractivity contribution in [3.63, 3.8) is 0 Å². The molecule has 1 rings (SSSR count). The van der Waals surface area contributed by atoms with Crippen LogP contribution in [0.1, 0.15) is 32.4 Å². The molecule has 0 aliphatic carbocycles. The number of nitrogens with zero attached hydrogens (tertiary/aromatic N) is 2. The minimum absolute atomic E-state index is 0.000434. The zero-order valence-electron chi connectivity index (χ0n) is 14.3. The van der Waals surface area contributed by atoms with Gasteiger partial charge in [-0.15, -0.1) is 0 Å². The lowest BCUT2D eigenvalue weighted by molar-refractivity contribution is 0.120. The quantitative estimate of drug-likeness (QED) is 0.799. The highest BCUT2D eigenvalue weighted by Crippen LogP contribution is 2.22. The SMILES string of the molecule is CCN(C(C)CN(C)C)C(C)C(N)c1ccc(OC)cc1. The fraction of sp³-hybridized carbons (Fsp3) is 0.647. The fourth-order valence-corrected chi connectivity index (χ4v) is 2.95. The minimum atomic E-state index is 0.000434. The van der Waals surface area contributed by atoms with Crippen LogP contribution < -0.4 is 10.5 Å². The Balaban J connectivity index is 2.79. The molecule has 0 aromatic heterocycles. The van der Waals surface area contributed by atoms with E-state index in [1.807, 2.05) is 12.1 Å². The molecule has 2 N–H and O–H groups in total. The maximum absolute atomic E-state index is 6.48. The summed E-state index contributed by atoms with van der Waals surface area (Å²) in [5, 5.41) is 0. The van der Waals surface area contributed by atoms with Crippen molar-refractivity contribution in [1.82, 2.24) is 9.80 Å². The van der Waals surface area contributed by atoms with E-state index in [-0.39, 0.29) is 6.04 Å². The fourth-order valence-electron chi connectivity index (χ4n) is 2.95. The molecule has 21 heavy (non-hydrogen) atoms. The highest BCUT2D eigenvalue weighted by molar-refractivity contribution is 5.29. The van der Waals surface area contributed by atoms with Crippen molar-refractivity contribution in [2.24, 2.45) is 5.73 Å². The molecule has 3 unspecified atom stereocenters. The Hall–Kier alpha value is -1.10. The van der Waals surface area contributed by atoms with Crippen molar-refractivity contribution in [3.8, 4) is 5.75 Å². The summed E-state index contributed by atoms with van der Waals surface area (Å²) in [7, 11) is 5.90. The standard InChI is InChI=1S/C17H31N3O/c1-7-20(13(2)12-19(4)5)14(3)17(18)15-8-10-16(21-6)11-9-15/h8-11,13-14,17H,7,12,18H2,1-6H3. The van der Waals surface area contributed by atoms with Crippen LogP contribution in [0.2, 0.25) is 0 Å². The molecule has 0 spiro atoms. The number of methoxy groups -OCH3 is 1. The first-order valence-corrected chi connectivity index (χ1v) is 7.70. The van der Waals surface area contributed by atoms with Crippen molar-refractivity contribution in [1.29, 1.82) is 0 Å². The molecule has 0 radical (unpaired) electrons. The van der Waals surface area contributed by atoms with Crippen LogP contribution in [-0.2, 0) is 0 Å². The van der Waals surface area contributed by atoms with E-state index in [1.165, 1.54) is 0 Å². The first-order valence-electron chi connectivity index (χ1n) is 7.70. The molecule has 3 atom stereocenters. The smallest absolute Gasteiger partial charge is 0.118 e. The van der Waals surface area contributed by atoms with E-state index < -0.39 is 0 Å². The molecule has 1 aromatic carbocycles. The second-order valence-corrected chi connectivity index (χ2v) is 5.98. The summed E-state index contributed by atoms with van der Waals surface area (Å²) in [6.45, 7) is 8.71. The number of nitrogens with two attached hydrogens (primary N) is 1. The van der Waals surface area contributed by atoms with Gasteiger partial charge in [-0.25, -0.2) is 0 Å². The molecule has 4 heteroatoms.